The predicted molar refractivity (Wildman–Crippen MR) is 78.6 cm³/mol. The van der Waals surface area contributed by atoms with E-state index < -0.39 is 6.09 Å². The van der Waals surface area contributed by atoms with E-state index in [-0.39, 0.29) is 11.8 Å². The molecular weight excluding hydrogens is 258 g/mol. The van der Waals surface area contributed by atoms with Crippen molar-refractivity contribution in [1.29, 1.82) is 0 Å². The number of nitrogens with two attached hydrogens (primary N) is 1. The van der Waals surface area contributed by atoms with Gasteiger partial charge in [-0.25, -0.2) is 4.79 Å². The highest BCUT2D eigenvalue weighted by Gasteiger charge is 2.15. The summed E-state index contributed by atoms with van der Waals surface area (Å²) in [7, 11) is 1.30. The van der Waals surface area contributed by atoms with Crippen LogP contribution in [-0.4, -0.2) is 25.7 Å². The Balaban J connectivity index is 2.60. The lowest BCUT2D eigenvalue weighted by molar-refractivity contribution is -0.119. The largest absolute Gasteiger partial charge is 0.453 e. The molecule has 0 fully saturated rings. The Hall–Kier alpha value is -2.08. The summed E-state index contributed by atoms with van der Waals surface area (Å²) >= 11 is 0. The fraction of sp³-hybridized carbons (Fsp3) is 0.429. The topological polar surface area (TPSA) is 93.5 Å². The zero-order chi connectivity index (χ0) is 15.0. The van der Waals surface area contributed by atoms with Crippen molar-refractivity contribution in [3.63, 3.8) is 0 Å². The van der Waals surface area contributed by atoms with Crippen LogP contribution in [0.4, 0.5) is 16.2 Å². The van der Waals surface area contributed by atoms with E-state index in [0.29, 0.717) is 17.9 Å². The molecule has 1 unspecified atom stereocenters. The van der Waals surface area contributed by atoms with E-state index in [2.05, 4.69) is 15.4 Å². The summed E-state index contributed by atoms with van der Waals surface area (Å²) in [5, 5.41) is 5.34. The minimum atomic E-state index is -0.534. The summed E-state index contributed by atoms with van der Waals surface area (Å²) in [6.07, 6.45) is 1.15. The van der Waals surface area contributed by atoms with E-state index in [1.165, 1.54) is 7.11 Å². The Kier molecular flexibility index (Phi) is 6.52. The lowest BCUT2D eigenvalue weighted by atomic mass is 10.0. The van der Waals surface area contributed by atoms with Crippen LogP contribution >= 0.6 is 0 Å². The molecule has 0 saturated heterocycles. The Bertz CT molecular complexity index is 445. The van der Waals surface area contributed by atoms with Crippen LogP contribution in [0.3, 0.4) is 0 Å². The number of rotatable bonds is 6. The molecule has 1 rings (SSSR count). The maximum Gasteiger partial charge on any atom is 0.411 e. The molecule has 1 aromatic rings. The second kappa shape index (κ2) is 8.16. The van der Waals surface area contributed by atoms with Crippen LogP contribution in [0.2, 0.25) is 0 Å². The van der Waals surface area contributed by atoms with Crippen molar-refractivity contribution in [2.75, 3.05) is 24.3 Å². The van der Waals surface area contributed by atoms with Crippen molar-refractivity contribution >= 4 is 23.4 Å². The smallest absolute Gasteiger partial charge is 0.411 e. The van der Waals surface area contributed by atoms with Gasteiger partial charge >= 0.3 is 6.09 Å². The molecule has 0 spiro atoms. The molecule has 20 heavy (non-hydrogen) atoms. The number of methoxy groups -OCH3 is 1. The summed E-state index contributed by atoms with van der Waals surface area (Å²) in [6, 6.07) is 6.79. The van der Waals surface area contributed by atoms with Gasteiger partial charge in [0.15, 0.2) is 0 Å². The van der Waals surface area contributed by atoms with Crippen LogP contribution in [0, 0.1) is 5.92 Å². The normalized spacial score (nSPS) is 11.6. The maximum atomic E-state index is 12.0. The third-order valence-electron chi connectivity index (χ3n) is 2.88. The maximum absolute atomic E-state index is 12.0. The lowest BCUT2D eigenvalue weighted by Gasteiger charge is -2.14. The van der Waals surface area contributed by atoms with Gasteiger partial charge in [0.25, 0.3) is 0 Å². The molecule has 0 aliphatic heterocycles. The molecule has 0 aromatic heterocycles. The molecule has 0 aliphatic carbocycles. The second-order valence-electron chi connectivity index (χ2n) is 4.40. The first kappa shape index (κ1) is 16.0. The Morgan fingerprint density at radius 3 is 2.20 bits per heavy atom. The Morgan fingerprint density at radius 2 is 1.75 bits per heavy atom. The molecule has 0 aliphatic rings. The van der Waals surface area contributed by atoms with E-state index in [0.717, 1.165) is 12.8 Å². The van der Waals surface area contributed by atoms with Crippen molar-refractivity contribution in [3.05, 3.63) is 24.3 Å². The first-order chi connectivity index (χ1) is 9.60. The van der Waals surface area contributed by atoms with Gasteiger partial charge in [0.1, 0.15) is 0 Å². The third kappa shape index (κ3) is 4.89. The number of carbonyl (C=O) groups is 2. The van der Waals surface area contributed by atoms with Gasteiger partial charge in [-0.3, -0.25) is 10.1 Å². The molecule has 1 atom stereocenters. The van der Waals surface area contributed by atoms with Gasteiger partial charge in [-0.2, -0.15) is 0 Å². The second-order valence-corrected chi connectivity index (χ2v) is 4.40. The van der Waals surface area contributed by atoms with E-state index in [4.69, 9.17) is 5.73 Å². The number of ether oxygens (including phenoxy) is 1. The summed E-state index contributed by atoms with van der Waals surface area (Å²) in [6.45, 7) is 2.35. The van der Waals surface area contributed by atoms with E-state index in [9.17, 15) is 9.59 Å². The van der Waals surface area contributed by atoms with Gasteiger partial charge in [0, 0.05) is 17.9 Å². The molecule has 0 radical (unpaired) electrons. The Morgan fingerprint density at radius 1 is 1.20 bits per heavy atom. The summed E-state index contributed by atoms with van der Waals surface area (Å²) in [4.78, 5) is 23.0. The molecule has 4 N–H and O–H groups in total. The molecule has 6 nitrogen and oxygen atoms in total. The van der Waals surface area contributed by atoms with Crippen LogP contribution in [-0.2, 0) is 9.53 Å². The number of nitrogens with one attached hydrogen (secondary N) is 2. The minimum absolute atomic E-state index is 0.0805. The highest BCUT2D eigenvalue weighted by molar-refractivity contribution is 5.93. The van der Waals surface area contributed by atoms with Crippen LogP contribution in [0.5, 0.6) is 0 Å². The quantitative estimate of drug-likeness (QED) is 0.744. The fourth-order valence-corrected chi connectivity index (χ4v) is 1.75. The standard InChI is InChI=1S/C14H21N3O3/c1-3-4-10(9-15)13(18)16-11-5-7-12(8-6-11)17-14(19)20-2/h5-8,10H,3-4,9,15H2,1-2H3,(H,16,18)(H,17,19). The molecule has 0 bridgehead atoms. The molecular formula is C14H21N3O3. The summed E-state index contributed by atoms with van der Waals surface area (Å²) in [5.41, 5.74) is 6.85. The molecule has 2 amide bonds. The fourth-order valence-electron chi connectivity index (χ4n) is 1.75. The van der Waals surface area contributed by atoms with Crippen molar-refractivity contribution in [1.82, 2.24) is 0 Å². The lowest BCUT2D eigenvalue weighted by Crippen LogP contribution is -2.29. The van der Waals surface area contributed by atoms with E-state index in [1.807, 2.05) is 6.92 Å². The zero-order valence-electron chi connectivity index (χ0n) is 11.8. The number of hydrogen-bond acceptors (Lipinski definition) is 4. The number of amides is 2. The Labute approximate surface area is 118 Å². The minimum Gasteiger partial charge on any atom is -0.453 e. The van der Waals surface area contributed by atoms with Crippen molar-refractivity contribution in [2.24, 2.45) is 11.7 Å². The van der Waals surface area contributed by atoms with E-state index in [1.54, 1.807) is 24.3 Å². The number of benzene rings is 1. The monoisotopic (exact) mass is 279 g/mol. The van der Waals surface area contributed by atoms with E-state index >= 15 is 0 Å². The van der Waals surface area contributed by atoms with Crippen molar-refractivity contribution < 1.29 is 14.3 Å². The third-order valence-corrected chi connectivity index (χ3v) is 2.88. The molecule has 6 heteroatoms. The summed E-state index contributed by atoms with van der Waals surface area (Å²) < 4.78 is 4.49. The summed E-state index contributed by atoms with van der Waals surface area (Å²) in [5.74, 6) is -0.254. The highest BCUT2D eigenvalue weighted by Crippen LogP contribution is 2.15. The SMILES string of the molecule is CCCC(CN)C(=O)Nc1ccc(NC(=O)OC)cc1. The number of hydrogen-bond donors (Lipinski definition) is 3. The molecule has 110 valence electrons. The zero-order valence-corrected chi connectivity index (χ0v) is 11.8. The van der Waals surface area contributed by atoms with Crippen molar-refractivity contribution in [2.45, 2.75) is 19.8 Å². The van der Waals surface area contributed by atoms with Gasteiger partial charge in [-0.15, -0.1) is 0 Å². The van der Waals surface area contributed by atoms with Gasteiger partial charge in [-0.1, -0.05) is 13.3 Å². The van der Waals surface area contributed by atoms with Gasteiger partial charge in [0.05, 0.1) is 13.0 Å². The molecule has 0 heterocycles. The number of carbonyl (C=O) groups excluding carboxylic acids is 2. The van der Waals surface area contributed by atoms with Crippen LogP contribution in [0.25, 0.3) is 0 Å². The first-order valence-electron chi connectivity index (χ1n) is 6.56. The van der Waals surface area contributed by atoms with Crippen LogP contribution in [0.15, 0.2) is 24.3 Å². The average molecular weight is 279 g/mol. The van der Waals surface area contributed by atoms with Gasteiger partial charge in [0.2, 0.25) is 5.91 Å². The highest BCUT2D eigenvalue weighted by atomic mass is 16.5. The molecule has 1 aromatic carbocycles. The van der Waals surface area contributed by atoms with Gasteiger partial charge < -0.3 is 15.8 Å². The first-order valence-corrected chi connectivity index (χ1v) is 6.56. The molecule has 0 saturated carbocycles. The predicted octanol–water partition coefficient (Wildman–Crippen LogP) is 2.18. The number of anilines is 2. The van der Waals surface area contributed by atoms with Crippen LogP contribution < -0.4 is 16.4 Å². The van der Waals surface area contributed by atoms with Gasteiger partial charge in [-0.05, 0) is 30.7 Å². The van der Waals surface area contributed by atoms with Crippen LogP contribution in [0.1, 0.15) is 19.8 Å². The van der Waals surface area contributed by atoms with Crippen molar-refractivity contribution in [3.8, 4) is 0 Å². The average Bonchev–Trinajstić information content (AvgIpc) is 2.46.